The van der Waals surface area contributed by atoms with Crippen LogP contribution in [0.15, 0.2) is 60.9 Å². The van der Waals surface area contributed by atoms with Crippen LogP contribution < -0.4 is 15.4 Å². The molecule has 296 valence electrons. The molecule has 3 N–H and O–H groups in total. The zero-order valence-electron chi connectivity index (χ0n) is 32.0. The number of amides is 4. The fourth-order valence-electron chi connectivity index (χ4n) is 7.90. The van der Waals surface area contributed by atoms with Crippen LogP contribution in [0.2, 0.25) is 5.02 Å². The standard InChI is InChI=1S/C41H45ClN10O5/c1-25-32(23-49(2)48-25)38-46-36-37(33(42)21-44-39(36)47-38)57-30-11-7-28(8-12-30)41(56)51-18-16-50(17-19-51)24-35(54)52-15-3-4-26(22-52)20-43-29-9-5-27(6-10-29)31-13-14-34(53)45-40(31)55/h5-12,21,23,26,31,43H,3-4,13-20,22,24H2,1-2H3,(H,44,46,47)(H,45,53,55)/t26?,31-/m0/s1. The minimum Gasteiger partial charge on any atom is -0.453 e. The summed E-state index contributed by atoms with van der Waals surface area (Å²) in [7, 11) is 1.85. The molecule has 0 spiro atoms. The average Bonchev–Trinajstić information content (AvgIpc) is 3.80. The molecular formula is C41H45ClN10O5. The normalized spacial score (nSPS) is 19.1. The van der Waals surface area contributed by atoms with Gasteiger partial charge in [-0.15, -0.1) is 0 Å². The van der Waals surface area contributed by atoms with E-state index in [-0.39, 0.29) is 29.5 Å². The summed E-state index contributed by atoms with van der Waals surface area (Å²) < 4.78 is 7.93. The van der Waals surface area contributed by atoms with E-state index in [9.17, 15) is 19.2 Å². The fraction of sp³-hybridized carbons (Fsp3) is 0.390. The lowest BCUT2D eigenvalue weighted by molar-refractivity contribution is -0.135. The Hall–Kier alpha value is -5.80. The molecule has 0 radical (unpaired) electrons. The van der Waals surface area contributed by atoms with Gasteiger partial charge in [-0.3, -0.25) is 34.1 Å². The molecule has 3 aliphatic heterocycles. The number of imidazole rings is 1. The van der Waals surface area contributed by atoms with Gasteiger partial charge in [0, 0.05) is 76.7 Å². The van der Waals surface area contributed by atoms with Gasteiger partial charge in [0.2, 0.25) is 17.7 Å². The lowest BCUT2D eigenvalue weighted by Gasteiger charge is -2.37. The van der Waals surface area contributed by atoms with Gasteiger partial charge < -0.3 is 24.8 Å². The Morgan fingerprint density at radius 2 is 1.75 bits per heavy atom. The van der Waals surface area contributed by atoms with E-state index in [1.807, 2.05) is 54.2 Å². The van der Waals surface area contributed by atoms with Crippen molar-refractivity contribution < 1.29 is 23.9 Å². The second kappa shape index (κ2) is 16.4. The number of halogens is 1. The summed E-state index contributed by atoms with van der Waals surface area (Å²) in [5.74, 6) is 1.13. The van der Waals surface area contributed by atoms with Crippen molar-refractivity contribution in [2.75, 3.05) is 57.7 Å². The number of aromatic amines is 1. The van der Waals surface area contributed by atoms with Crippen molar-refractivity contribution in [3.05, 3.63) is 82.8 Å². The van der Waals surface area contributed by atoms with Gasteiger partial charge in [-0.05, 0) is 74.1 Å². The lowest BCUT2D eigenvalue weighted by atomic mass is 9.90. The molecule has 3 fully saturated rings. The minimum atomic E-state index is -0.301. The predicted molar refractivity (Wildman–Crippen MR) is 214 cm³/mol. The molecule has 57 heavy (non-hydrogen) atoms. The zero-order chi connectivity index (χ0) is 39.6. The number of anilines is 1. The highest BCUT2D eigenvalue weighted by molar-refractivity contribution is 6.32. The van der Waals surface area contributed by atoms with Crippen molar-refractivity contribution in [1.82, 2.24) is 44.7 Å². The van der Waals surface area contributed by atoms with Gasteiger partial charge in [-0.25, -0.2) is 9.97 Å². The number of pyridine rings is 1. The molecule has 16 heteroatoms. The minimum absolute atomic E-state index is 0.0705. The van der Waals surface area contributed by atoms with E-state index in [0.717, 1.165) is 48.4 Å². The number of nitrogens with one attached hydrogen (secondary N) is 3. The molecule has 2 atom stereocenters. The monoisotopic (exact) mass is 792 g/mol. The highest BCUT2D eigenvalue weighted by Gasteiger charge is 2.29. The summed E-state index contributed by atoms with van der Waals surface area (Å²) in [6, 6.07) is 14.8. The van der Waals surface area contributed by atoms with Crippen molar-refractivity contribution in [2.24, 2.45) is 13.0 Å². The summed E-state index contributed by atoms with van der Waals surface area (Å²) >= 11 is 6.53. The quantitative estimate of drug-likeness (QED) is 0.168. The molecule has 0 saturated carbocycles. The van der Waals surface area contributed by atoms with Gasteiger partial charge in [-0.1, -0.05) is 23.7 Å². The molecule has 3 aromatic heterocycles. The Balaban J connectivity index is 0.796. The number of rotatable bonds is 10. The Labute approximate surface area is 334 Å². The molecule has 4 amide bonds. The molecular weight excluding hydrogens is 748 g/mol. The van der Waals surface area contributed by atoms with Crippen LogP contribution in [-0.2, 0) is 21.4 Å². The van der Waals surface area contributed by atoms with E-state index in [4.69, 9.17) is 16.3 Å². The first-order chi connectivity index (χ1) is 27.6. The number of carbonyl (C=O) groups excluding carboxylic acids is 4. The maximum Gasteiger partial charge on any atom is 0.253 e. The number of aromatic nitrogens is 5. The molecule has 8 rings (SSSR count). The number of H-pyrrole nitrogens is 1. The van der Waals surface area contributed by atoms with Crippen molar-refractivity contribution in [1.29, 1.82) is 0 Å². The van der Waals surface area contributed by atoms with Crippen LogP contribution in [0.1, 0.15) is 53.2 Å². The Bertz CT molecular complexity index is 2300. The zero-order valence-corrected chi connectivity index (χ0v) is 32.7. The number of benzene rings is 2. The summed E-state index contributed by atoms with van der Waals surface area (Å²) in [6.45, 7) is 6.74. The highest BCUT2D eigenvalue weighted by Crippen LogP contribution is 2.36. The second-order valence-electron chi connectivity index (χ2n) is 15.1. The number of aryl methyl sites for hydroxylation is 2. The number of nitrogens with zero attached hydrogens (tertiary/aromatic N) is 7. The highest BCUT2D eigenvalue weighted by atomic mass is 35.5. The van der Waals surface area contributed by atoms with Gasteiger partial charge >= 0.3 is 0 Å². The van der Waals surface area contributed by atoms with Crippen LogP contribution in [0.25, 0.3) is 22.6 Å². The third-order valence-corrected chi connectivity index (χ3v) is 11.3. The number of imide groups is 1. The Morgan fingerprint density at radius 3 is 2.47 bits per heavy atom. The topological polar surface area (TPSA) is 171 Å². The van der Waals surface area contributed by atoms with Crippen LogP contribution in [0, 0.1) is 12.8 Å². The average molecular weight is 793 g/mol. The fourth-order valence-corrected chi connectivity index (χ4v) is 8.08. The summed E-state index contributed by atoms with van der Waals surface area (Å²) in [4.78, 5) is 68.8. The molecule has 6 heterocycles. The van der Waals surface area contributed by atoms with Gasteiger partial charge in [0.15, 0.2) is 11.4 Å². The molecule has 0 aliphatic carbocycles. The van der Waals surface area contributed by atoms with Gasteiger partial charge in [0.1, 0.15) is 22.1 Å². The number of ether oxygens (including phenoxy) is 1. The van der Waals surface area contributed by atoms with Crippen LogP contribution in [-0.4, -0.2) is 115 Å². The number of hydrogen-bond donors (Lipinski definition) is 3. The van der Waals surface area contributed by atoms with Gasteiger partial charge in [0.05, 0.1) is 29.9 Å². The molecule has 0 bridgehead atoms. The van der Waals surface area contributed by atoms with E-state index >= 15 is 0 Å². The number of piperazine rings is 1. The van der Waals surface area contributed by atoms with Gasteiger partial charge in [-0.2, -0.15) is 5.10 Å². The summed E-state index contributed by atoms with van der Waals surface area (Å²) in [6.07, 6.45) is 6.26. The molecule has 3 saturated heterocycles. The summed E-state index contributed by atoms with van der Waals surface area (Å²) in [5, 5.41) is 10.6. The summed E-state index contributed by atoms with van der Waals surface area (Å²) in [5.41, 5.74) is 5.11. The smallest absolute Gasteiger partial charge is 0.253 e. The van der Waals surface area contributed by atoms with E-state index in [1.165, 1.54) is 6.20 Å². The first-order valence-electron chi connectivity index (χ1n) is 19.4. The van der Waals surface area contributed by atoms with Crippen molar-refractivity contribution in [2.45, 2.75) is 38.5 Å². The van der Waals surface area contributed by atoms with E-state index in [1.54, 1.807) is 28.9 Å². The maximum absolute atomic E-state index is 13.5. The second-order valence-corrected chi connectivity index (χ2v) is 15.5. The van der Waals surface area contributed by atoms with Crippen molar-refractivity contribution in [3.63, 3.8) is 0 Å². The van der Waals surface area contributed by atoms with Crippen LogP contribution in [0.5, 0.6) is 11.5 Å². The van der Waals surface area contributed by atoms with E-state index in [0.29, 0.717) is 97.1 Å². The van der Waals surface area contributed by atoms with Gasteiger partial charge in [0.25, 0.3) is 5.91 Å². The Kier molecular flexibility index (Phi) is 10.9. The van der Waals surface area contributed by atoms with Crippen LogP contribution >= 0.6 is 11.6 Å². The number of likely N-dealkylation sites (tertiary alicyclic amines) is 1. The number of piperidine rings is 2. The van der Waals surface area contributed by atoms with Crippen LogP contribution in [0.3, 0.4) is 0 Å². The number of hydrogen-bond acceptors (Lipinski definition) is 10. The molecule has 3 aliphatic rings. The molecule has 15 nitrogen and oxygen atoms in total. The molecule has 5 aromatic rings. The van der Waals surface area contributed by atoms with E-state index < -0.39 is 0 Å². The van der Waals surface area contributed by atoms with E-state index in [2.05, 4.69) is 35.6 Å². The largest absolute Gasteiger partial charge is 0.453 e. The first kappa shape index (κ1) is 38.1. The third kappa shape index (κ3) is 8.49. The van der Waals surface area contributed by atoms with Crippen molar-refractivity contribution >= 4 is 52.1 Å². The first-order valence-corrected chi connectivity index (χ1v) is 19.8. The van der Waals surface area contributed by atoms with Crippen molar-refractivity contribution in [3.8, 4) is 22.9 Å². The maximum atomic E-state index is 13.5. The Morgan fingerprint density at radius 1 is 0.982 bits per heavy atom. The molecule has 2 aromatic carbocycles. The SMILES string of the molecule is Cc1nn(C)cc1-c1nc2ncc(Cl)c(Oc3ccc(C(=O)N4CCN(CC(=O)N5CCCC(CNc6ccc([C@@H]7CCC(=O)NC7=O)cc6)C5)CC4)cc3)c2[nH]1. The predicted octanol–water partition coefficient (Wildman–Crippen LogP) is 4.74. The third-order valence-electron chi connectivity index (χ3n) is 11.1. The van der Waals surface area contributed by atoms with Crippen LogP contribution in [0.4, 0.5) is 5.69 Å². The number of fused-ring (bicyclic) bond motifs is 1. The lowest BCUT2D eigenvalue weighted by Crippen LogP contribution is -2.52. The number of carbonyl (C=O) groups is 4. The molecule has 1 unspecified atom stereocenters.